The van der Waals surface area contributed by atoms with Gasteiger partial charge in [0.25, 0.3) is 5.91 Å². The molecule has 1 N–H and O–H groups in total. The number of hydrogen-bond acceptors (Lipinski definition) is 5. The maximum absolute atomic E-state index is 13.8. The van der Waals surface area contributed by atoms with Gasteiger partial charge < -0.3 is 19.4 Å². The summed E-state index contributed by atoms with van der Waals surface area (Å²) in [5.74, 6) is 0.779. The highest BCUT2D eigenvalue weighted by atomic mass is 16.5. The van der Waals surface area contributed by atoms with E-state index in [1.54, 1.807) is 48.1 Å². The minimum absolute atomic E-state index is 0.213. The van der Waals surface area contributed by atoms with Crippen molar-refractivity contribution >= 4 is 11.8 Å². The summed E-state index contributed by atoms with van der Waals surface area (Å²) >= 11 is 0. The van der Waals surface area contributed by atoms with Crippen LogP contribution in [0.3, 0.4) is 0 Å². The number of carbonyl (C=O) groups excluding carboxylic acids is 2. The second-order valence-electron chi connectivity index (χ2n) is 9.23. The van der Waals surface area contributed by atoms with Gasteiger partial charge in [-0.2, -0.15) is 5.10 Å². The van der Waals surface area contributed by atoms with Crippen molar-refractivity contribution in [3.05, 3.63) is 95.4 Å². The lowest BCUT2D eigenvalue weighted by atomic mass is 9.94. The van der Waals surface area contributed by atoms with E-state index in [0.717, 1.165) is 22.4 Å². The summed E-state index contributed by atoms with van der Waals surface area (Å²) < 4.78 is 12.3. The lowest BCUT2D eigenvalue weighted by Crippen LogP contribution is -2.63. The highest BCUT2D eigenvalue weighted by Gasteiger charge is 2.48. The van der Waals surface area contributed by atoms with Crippen molar-refractivity contribution in [2.75, 3.05) is 7.11 Å². The number of aryl methyl sites for hydroxylation is 1. The molecule has 0 fully saturated rings. The summed E-state index contributed by atoms with van der Waals surface area (Å²) in [7, 11) is 1.61. The molecule has 2 aromatic carbocycles. The summed E-state index contributed by atoms with van der Waals surface area (Å²) in [6.45, 7) is 4.65. The Bertz CT molecular complexity index is 1370. The first kappa shape index (κ1) is 23.4. The smallest absolute Gasteiger partial charge is 0.273 e. The Balaban J connectivity index is 1.47. The third-order valence-corrected chi connectivity index (χ3v) is 6.63. The van der Waals surface area contributed by atoms with Crippen LogP contribution in [0.25, 0.3) is 11.5 Å². The van der Waals surface area contributed by atoms with E-state index in [2.05, 4.69) is 10.4 Å². The van der Waals surface area contributed by atoms with E-state index in [4.69, 9.17) is 9.15 Å². The van der Waals surface area contributed by atoms with E-state index >= 15 is 0 Å². The van der Waals surface area contributed by atoms with E-state index < -0.39 is 5.54 Å². The van der Waals surface area contributed by atoms with Crippen molar-refractivity contribution in [2.24, 2.45) is 0 Å². The van der Waals surface area contributed by atoms with Crippen molar-refractivity contribution < 1.29 is 18.7 Å². The fourth-order valence-electron chi connectivity index (χ4n) is 4.43. The van der Waals surface area contributed by atoms with Crippen molar-refractivity contribution in [1.29, 1.82) is 0 Å². The van der Waals surface area contributed by atoms with E-state index in [1.807, 2.05) is 55.5 Å². The predicted octanol–water partition coefficient (Wildman–Crippen LogP) is 4.19. The number of fused-ring (bicyclic) bond motifs is 1. The molecule has 0 saturated carbocycles. The van der Waals surface area contributed by atoms with Gasteiger partial charge in [0, 0.05) is 19.2 Å². The van der Waals surface area contributed by atoms with Gasteiger partial charge in [0.15, 0.2) is 5.76 Å². The number of carbonyl (C=O) groups is 2. The first-order valence-electron chi connectivity index (χ1n) is 11.8. The van der Waals surface area contributed by atoms with E-state index in [1.165, 1.54) is 0 Å². The number of benzene rings is 2. The van der Waals surface area contributed by atoms with Crippen molar-refractivity contribution in [2.45, 2.75) is 39.0 Å². The van der Waals surface area contributed by atoms with Gasteiger partial charge in [0.05, 0.1) is 19.9 Å². The Morgan fingerprint density at radius 2 is 1.83 bits per heavy atom. The number of amides is 2. The fraction of sp³-hybridized carbons (Fsp3) is 0.250. The van der Waals surface area contributed by atoms with E-state index in [-0.39, 0.29) is 24.9 Å². The van der Waals surface area contributed by atoms with Crippen LogP contribution < -0.4 is 10.1 Å². The quantitative estimate of drug-likeness (QED) is 0.425. The lowest BCUT2D eigenvalue weighted by molar-refractivity contribution is -0.133. The molecule has 1 aliphatic heterocycles. The molecular formula is C28H28N4O4. The third-order valence-electron chi connectivity index (χ3n) is 6.63. The molecule has 0 spiro atoms. The zero-order chi connectivity index (χ0) is 25.3. The van der Waals surface area contributed by atoms with Crippen LogP contribution in [0, 0.1) is 6.92 Å². The molecule has 1 atom stereocenters. The molecule has 8 nitrogen and oxygen atoms in total. The number of nitrogens with zero attached hydrogens (tertiary/aromatic N) is 3. The number of ether oxygens (including phenoxy) is 1. The molecule has 2 aromatic heterocycles. The highest BCUT2D eigenvalue weighted by Crippen LogP contribution is 2.32. The van der Waals surface area contributed by atoms with Crippen LogP contribution in [0.4, 0.5) is 0 Å². The number of hydrogen-bond donors (Lipinski definition) is 1. The van der Waals surface area contributed by atoms with Crippen molar-refractivity contribution in [3.8, 4) is 17.2 Å². The fourth-order valence-corrected chi connectivity index (χ4v) is 4.43. The molecule has 184 valence electrons. The van der Waals surface area contributed by atoms with Crippen molar-refractivity contribution in [3.63, 3.8) is 0 Å². The Morgan fingerprint density at radius 1 is 1.11 bits per heavy atom. The predicted molar refractivity (Wildman–Crippen MR) is 134 cm³/mol. The Hall–Kier alpha value is -4.33. The third kappa shape index (κ3) is 4.37. The van der Waals surface area contributed by atoms with Gasteiger partial charge in [-0.25, -0.2) is 0 Å². The first-order valence-corrected chi connectivity index (χ1v) is 11.8. The second-order valence-corrected chi connectivity index (χ2v) is 9.23. The van der Waals surface area contributed by atoms with Gasteiger partial charge in [-0.15, -0.1) is 0 Å². The van der Waals surface area contributed by atoms with Crippen molar-refractivity contribution in [1.82, 2.24) is 20.0 Å². The van der Waals surface area contributed by atoms with Crippen LogP contribution >= 0.6 is 0 Å². The molecule has 8 heteroatoms. The number of methoxy groups -OCH3 is 1. The van der Waals surface area contributed by atoms with Crippen LogP contribution in [0.2, 0.25) is 0 Å². The molecule has 36 heavy (non-hydrogen) atoms. The normalized spacial score (nSPS) is 17.1. The summed E-state index contributed by atoms with van der Waals surface area (Å²) in [5, 5.41) is 7.63. The molecule has 3 heterocycles. The Labute approximate surface area is 209 Å². The molecule has 4 aromatic rings. The topological polar surface area (TPSA) is 89.6 Å². The SMILES string of the molecule is COc1ccc(CN2C(=O)c3cc(-c4ccco4)nn3C[C@@]2(C)C(=O)NCc2ccc(C)cc2)cc1. The number of furan rings is 1. The molecule has 2 amide bonds. The van der Waals surface area contributed by atoms with Crippen LogP contribution in [0.5, 0.6) is 5.75 Å². The zero-order valence-corrected chi connectivity index (χ0v) is 20.5. The van der Waals surface area contributed by atoms with Gasteiger partial charge in [0.2, 0.25) is 5.91 Å². The van der Waals surface area contributed by atoms with Crippen LogP contribution in [0.1, 0.15) is 34.1 Å². The van der Waals surface area contributed by atoms with Gasteiger partial charge in [-0.3, -0.25) is 14.3 Å². The standard InChI is InChI=1S/C28H28N4O4/c1-19-6-8-20(9-7-19)16-29-27(34)28(2)18-32-24(15-23(30-32)25-5-4-14-36-25)26(33)31(28)17-21-10-12-22(35-3)13-11-21/h4-15H,16-18H2,1-3H3,(H,29,34)/t28-/m0/s1. The summed E-state index contributed by atoms with van der Waals surface area (Å²) in [6, 6.07) is 20.8. The minimum atomic E-state index is -1.17. The van der Waals surface area contributed by atoms with Crippen LogP contribution in [-0.4, -0.2) is 39.1 Å². The van der Waals surface area contributed by atoms with Gasteiger partial charge in [-0.05, 0) is 49.2 Å². The average molecular weight is 485 g/mol. The lowest BCUT2D eigenvalue weighted by Gasteiger charge is -2.43. The van der Waals surface area contributed by atoms with Gasteiger partial charge in [0.1, 0.15) is 22.7 Å². The van der Waals surface area contributed by atoms with Gasteiger partial charge in [-0.1, -0.05) is 42.0 Å². The molecule has 1 aliphatic rings. The summed E-state index contributed by atoms with van der Waals surface area (Å²) in [4.78, 5) is 29.1. The first-order chi connectivity index (χ1) is 17.4. The highest BCUT2D eigenvalue weighted by molar-refractivity contribution is 6.00. The molecule has 5 rings (SSSR count). The molecule has 0 radical (unpaired) electrons. The Morgan fingerprint density at radius 3 is 2.50 bits per heavy atom. The molecular weight excluding hydrogens is 456 g/mol. The largest absolute Gasteiger partial charge is 0.497 e. The Kier molecular flexibility index (Phi) is 6.10. The summed E-state index contributed by atoms with van der Waals surface area (Å²) in [6.07, 6.45) is 1.56. The molecule has 0 aliphatic carbocycles. The zero-order valence-electron chi connectivity index (χ0n) is 20.5. The maximum Gasteiger partial charge on any atom is 0.273 e. The number of aromatic nitrogens is 2. The van der Waals surface area contributed by atoms with E-state index in [9.17, 15) is 9.59 Å². The molecule has 0 unspecified atom stereocenters. The maximum atomic E-state index is 13.8. The summed E-state index contributed by atoms with van der Waals surface area (Å²) in [5.41, 5.74) is 2.83. The number of nitrogens with one attached hydrogen (secondary N) is 1. The van der Waals surface area contributed by atoms with Gasteiger partial charge >= 0.3 is 0 Å². The monoisotopic (exact) mass is 484 g/mol. The van der Waals surface area contributed by atoms with E-state index in [0.29, 0.717) is 23.7 Å². The molecule has 0 bridgehead atoms. The van der Waals surface area contributed by atoms with Crippen LogP contribution in [0.15, 0.2) is 77.4 Å². The minimum Gasteiger partial charge on any atom is -0.497 e. The molecule has 0 saturated heterocycles. The number of rotatable bonds is 7. The van der Waals surface area contributed by atoms with Crippen LogP contribution in [-0.2, 0) is 24.4 Å². The average Bonchev–Trinajstić information content (AvgIpc) is 3.57. The second kappa shape index (κ2) is 9.37.